The van der Waals surface area contributed by atoms with Crippen LogP contribution in [0.2, 0.25) is 0 Å². The lowest BCUT2D eigenvalue weighted by molar-refractivity contribution is -0.152. The molecule has 0 amide bonds. The molecular weight excluding hydrogens is 134 g/mol. The first-order chi connectivity index (χ1) is 4.72. The fourth-order valence-corrected chi connectivity index (χ4v) is 0.341. The van der Waals surface area contributed by atoms with Crippen molar-refractivity contribution < 1.29 is 14.4 Å². The molecule has 0 aliphatic rings. The molecule has 1 atom stereocenters. The molecule has 0 rings (SSSR count). The molecule has 0 bridgehead atoms. The van der Waals surface area contributed by atoms with Crippen molar-refractivity contribution in [3.63, 3.8) is 0 Å². The molecule has 4 nitrogen and oxygen atoms in total. The van der Waals surface area contributed by atoms with Crippen LogP contribution < -0.4 is 0 Å². The van der Waals surface area contributed by atoms with E-state index in [-0.39, 0.29) is 0 Å². The Kier molecular flexibility index (Phi) is 4.28. The Morgan fingerprint density at radius 3 is 2.70 bits per heavy atom. The van der Waals surface area contributed by atoms with Crippen LogP contribution in [0.3, 0.4) is 0 Å². The summed E-state index contributed by atoms with van der Waals surface area (Å²) < 4.78 is 4.36. The summed E-state index contributed by atoms with van der Waals surface area (Å²) in [6, 6.07) is 0. The quantitative estimate of drug-likeness (QED) is 0.328. The molecule has 0 aliphatic carbocycles. The molecule has 57 valence electrons. The second-order valence-electron chi connectivity index (χ2n) is 1.59. The molecule has 0 aromatic rings. The minimum absolute atomic E-state index is 0.445. The molecule has 0 fully saturated rings. The first-order valence-corrected chi connectivity index (χ1v) is 2.82. The van der Waals surface area contributed by atoms with Crippen LogP contribution in [-0.2, 0) is 14.4 Å². The van der Waals surface area contributed by atoms with E-state index in [1.54, 1.807) is 13.8 Å². The average Bonchev–Trinajstić information content (AvgIpc) is 1.98. The van der Waals surface area contributed by atoms with E-state index in [2.05, 4.69) is 20.9 Å². The monoisotopic (exact) mass is 144 g/mol. The van der Waals surface area contributed by atoms with Gasteiger partial charge in [-0.15, -0.1) is 0 Å². The van der Waals surface area contributed by atoms with Crippen molar-refractivity contribution in [3.05, 3.63) is 0 Å². The lowest BCUT2D eigenvalue weighted by atomic mass is 10.4. The maximum Gasteiger partial charge on any atom is 0.349 e. The smallest absolute Gasteiger partial charge is 0.349 e. The standard InChI is InChI=1S/C6H10NO3/c1-4-7-10-5(2)6(8)9-3/h5H,1-3H3. The fraction of sp³-hybridized carbons (Fsp3) is 0.667. The van der Waals surface area contributed by atoms with Crippen molar-refractivity contribution >= 4 is 12.2 Å². The third kappa shape index (κ3) is 3.06. The normalized spacial score (nSPS) is 13.1. The van der Waals surface area contributed by atoms with Gasteiger partial charge < -0.3 is 9.57 Å². The topological polar surface area (TPSA) is 47.9 Å². The predicted octanol–water partition coefficient (Wildman–Crippen LogP) is 0.447. The van der Waals surface area contributed by atoms with Crippen molar-refractivity contribution in [2.75, 3.05) is 7.11 Å². The first-order valence-electron chi connectivity index (χ1n) is 2.82. The molecular formula is C6H10NO3. The minimum Gasteiger partial charge on any atom is -0.466 e. The van der Waals surface area contributed by atoms with Crippen molar-refractivity contribution in [1.82, 2.24) is 0 Å². The van der Waals surface area contributed by atoms with Gasteiger partial charge in [0, 0.05) is 0 Å². The van der Waals surface area contributed by atoms with E-state index in [4.69, 9.17) is 0 Å². The van der Waals surface area contributed by atoms with Crippen molar-refractivity contribution in [1.29, 1.82) is 0 Å². The van der Waals surface area contributed by atoms with Gasteiger partial charge in [0.25, 0.3) is 0 Å². The number of esters is 1. The molecule has 0 aromatic carbocycles. The summed E-state index contributed by atoms with van der Waals surface area (Å²) in [6.07, 6.45) is 1.72. The highest BCUT2D eigenvalue weighted by Crippen LogP contribution is 1.92. The molecule has 0 heterocycles. The highest BCUT2D eigenvalue weighted by molar-refractivity contribution is 5.74. The van der Waals surface area contributed by atoms with Gasteiger partial charge in [-0.2, -0.15) is 0 Å². The zero-order chi connectivity index (χ0) is 7.98. The van der Waals surface area contributed by atoms with E-state index in [0.717, 1.165) is 0 Å². The van der Waals surface area contributed by atoms with Gasteiger partial charge in [0.05, 0.1) is 7.11 Å². The summed E-state index contributed by atoms with van der Waals surface area (Å²) in [5, 5.41) is 3.29. The maximum atomic E-state index is 10.6. The summed E-state index contributed by atoms with van der Waals surface area (Å²) in [5.41, 5.74) is 0. The number of rotatable bonds is 3. The predicted molar refractivity (Wildman–Crippen MR) is 35.7 cm³/mol. The molecule has 0 spiro atoms. The van der Waals surface area contributed by atoms with Gasteiger partial charge >= 0.3 is 5.97 Å². The number of carbonyl (C=O) groups excluding carboxylic acids is 1. The van der Waals surface area contributed by atoms with Gasteiger partial charge in [-0.1, -0.05) is 5.16 Å². The van der Waals surface area contributed by atoms with Crippen LogP contribution in [0.25, 0.3) is 0 Å². The lowest BCUT2D eigenvalue weighted by Crippen LogP contribution is -2.19. The zero-order valence-corrected chi connectivity index (χ0v) is 6.25. The Balaban J connectivity index is 3.61. The summed E-state index contributed by atoms with van der Waals surface area (Å²) in [7, 11) is 1.29. The maximum absolute atomic E-state index is 10.6. The Hall–Kier alpha value is -1.06. The summed E-state index contributed by atoms with van der Waals surface area (Å²) >= 11 is 0. The van der Waals surface area contributed by atoms with E-state index in [1.165, 1.54) is 7.11 Å². The molecule has 0 aliphatic heterocycles. The number of carbonyl (C=O) groups is 1. The molecule has 1 radical (unpaired) electrons. The van der Waals surface area contributed by atoms with Gasteiger partial charge in [0.1, 0.15) is 6.21 Å². The Morgan fingerprint density at radius 2 is 2.30 bits per heavy atom. The first kappa shape index (κ1) is 8.94. The van der Waals surface area contributed by atoms with Gasteiger partial charge in [-0.25, -0.2) is 4.79 Å². The Labute approximate surface area is 59.8 Å². The molecule has 10 heavy (non-hydrogen) atoms. The minimum atomic E-state index is -0.655. The molecule has 0 saturated carbocycles. The third-order valence-electron chi connectivity index (χ3n) is 0.835. The van der Waals surface area contributed by atoms with Gasteiger partial charge in [0.2, 0.25) is 6.10 Å². The fourth-order valence-electron chi connectivity index (χ4n) is 0.341. The number of hydrogen-bond acceptors (Lipinski definition) is 4. The van der Waals surface area contributed by atoms with E-state index in [0.29, 0.717) is 0 Å². The van der Waals surface area contributed by atoms with Crippen molar-refractivity contribution in [2.45, 2.75) is 20.0 Å². The third-order valence-corrected chi connectivity index (χ3v) is 0.835. The van der Waals surface area contributed by atoms with Crippen LogP contribution in [0.4, 0.5) is 0 Å². The van der Waals surface area contributed by atoms with E-state index in [9.17, 15) is 4.79 Å². The van der Waals surface area contributed by atoms with Gasteiger partial charge in [-0.05, 0) is 13.8 Å². The highest BCUT2D eigenvalue weighted by atomic mass is 16.7. The number of nitrogens with zero attached hydrogens (tertiary/aromatic N) is 1. The second-order valence-corrected chi connectivity index (χ2v) is 1.59. The number of methoxy groups -OCH3 is 1. The van der Waals surface area contributed by atoms with E-state index < -0.39 is 12.1 Å². The highest BCUT2D eigenvalue weighted by Gasteiger charge is 2.12. The number of hydrogen-bond donors (Lipinski definition) is 0. The number of ether oxygens (including phenoxy) is 1. The zero-order valence-electron chi connectivity index (χ0n) is 6.25. The van der Waals surface area contributed by atoms with Crippen LogP contribution in [0.15, 0.2) is 5.16 Å². The molecule has 0 N–H and O–H groups in total. The van der Waals surface area contributed by atoms with Crippen LogP contribution in [-0.4, -0.2) is 25.4 Å². The Bertz CT molecular complexity index is 133. The Morgan fingerprint density at radius 1 is 1.70 bits per heavy atom. The van der Waals surface area contributed by atoms with Gasteiger partial charge in [0.15, 0.2) is 0 Å². The summed E-state index contributed by atoms with van der Waals surface area (Å²) in [6.45, 7) is 3.12. The second kappa shape index (κ2) is 4.78. The lowest BCUT2D eigenvalue weighted by Gasteiger charge is -2.04. The van der Waals surface area contributed by atoms with Crippen LogP contribution in [0, 0.1) is 0 Å². The molecule has 0 saturated heterocycles. The van der Waals surface area contributed by atoms with Crippen LogP contribution >= 0.6 is 0 Å². The molecule has 1 unspecified atom stereocenters. The largest absolute Gasteiger partial charge is 0.466 e. The SMILES string of the molecule is C[C]=NOC(C)C(=O)OC. The van der Waals surface area contributed by atoms with E-state index >= 15 is 0 Å². The van der Waals surface area contributed by atoms with E-state index in [1.807, 2.05) is 0 Å². The average molecular weight is 144 g/mol. The van der Waals surface area contributed by atoms with Crippen molar-refractivity contribution in [3.8, 4) is 0 Å². The van der Waals surface area contributed by atoms with Crippen LogP contribution in [0.5, 0.6) is 0 Å². The van der Waals surface area contributed by atoms with Gasteiger partial charge in [-0.3, -0.25) is 0 Å². The molecule has 0 aromatic heterocycles. The summed E-state index contributed by atoms with van der Waals surface area (Å²) in [5.74, 6) is -0.445. The summed E-state index contributed by atoms with van der Waals surface area (Å²) in [4.78, 5) is 15.2. The van der Waals surface area contributed by atoms with Crippen LogP contribution in [0.1, 0.15) is 13.8 Å². The molecule has 4 heteroatoms. The van der Waals surface area contributed by atoms with Crippen molar-refractivity contribution in [2.24, 2.45) is 5.16 Å².